The lowest BCUT2D eigenvalue weighted by Crippen LogP contribution is -2.53. The average Bonchev–Trinajstić information content (AvgIpc) is 2.78. The molecular formula is C12H23NO4S. The fraction of sp³-hybridized carbons (Fsp3) is 0.917. The Kier molecular flexibility index (Phi) is 6.42. The van der Waals surface area contributed by atoms with Gasteiger partial charge in [-0.25, -0.2) is 0 Å². The van der Waals surface area contributed by atoms with Crippen LogP contribution in [0.2, 0.25) is 0 Å². The van der Waals surface area contributed by atoms with Gasteiger partial charge >= 0.3 is 5.97 Å². The number of nitrogens with one attached hydrogen (secondary N) is 1. The van der Waals surface area contributed by atoms with Crippen molar-refractivity contribution in [3.05, 3.63) is 0 Å². The zero-order valence-electron chi connectivity index (χ0n) is 10.8. The predicted octanol–water partition coefficient (Wildman–Crippen LogP) is 0.306. The van der Waals surface area contributed by atoms with Crippen LogP contribution in [0.3, 0.4) is 0 Å². The molecule has 1 aliphatic rings. The first kappa shape index (κ1) is 15.8. The van der Waals surface area contributed by atoms with E-state index in [1.54, 1.807) is 18.8 Å². The minimum Gasteiger partial charge on any atom is -0.480 e. The summed E-state index contributed by atoms with van der Waals surface area (Å²) >= 11 is 1.57. The lowest BCUT2D eigenvalue weighted by Gasteiger charge is -2.31. The van der Waals surface area contributed by atoms with Crippen molar-refractivity contribution in [1.29, 1.82) is 0 Å². The number of thioether (sulfide) groups is 1. The number of aliphatic carboxylic acids is 1. The van der Waals surface area contributed by atoms with Gasteiger partial charge in [0.25, 0.3) is 0 Å². The topological polar surface area (TPSA) is 89.8 Å². The molecule has 0 aliphatic heterocycles. The quantitative estimate of drug-likeness (QED) is 0.477. The Bertz CT molecular complexity index is 277. The third-order valence-electron chi connectivity index (χ3n) is 3.78. The van der Waals surface area contributed by atoms with Crippen LogP contribution in [-0.4, -0.2) is 58.1 Å². The molecule has 0 bridgehead atoms. The van der Waals surface area contributed by atoms with Crippen LogP contribution in [0.5, 0.6) is 0 Å². The Labute approximate surface area is 112 Å². The maximum atomic E-state index is 11.4. The van der Waals surface area contributed by atoms with E-state index in [0.717, 1.165) is 25.0 Å². The van der Waals surface area contributed by atoms with E-state index in [-0.39, 0.29) is 12.5 Å². The van der Waals surface area contributed by atoms with Crippen molar-refractivity contribution in [2.45, 2.75) is 37.3 Å². The Morgan fingerprint density at radius 1 is 1.61 bits per heavy atom. The number of carboxylic acid groups (broad SMARTS) is 1. The standard InChI is InChI=1S/C12H23NO4S/c1-13-12(11(16)17)5-2-3-9(12)4-6-18-8-10(15)7-14/h9-10,13-15H,2-8H2,1H3,(H,16,17). The molecule has 0 aromatic heterocycles. The second kappa shape index (κ2) is 7.33. The average molecular weight is 277 g/mol. The summed E-state index contributed by atoms with van der Waals surface area (Å²) < 4.78 is 0. The zero-order chi connectivity index (χ0) is 13.6. The summed E-state index contributed by atoms with van der Waals surface area (Å²) in [7, 11) is 1.72. The van der Waals surface area contributed by atoms with Gasteiger partial charge in [0, 0.05) is 5.75 Å². The second-order valence-corrected chi connectivity index (χ2v) is 5.97. The highest BCUT2D eigenvalue weighted by Crippen LogP contribution is 2.38. The highest BCUT2D eigenvalue weighted by Gasteiger charge is 2.47. The molecule has 1 rings (SSSR count). The van der Waals surface area contributed by atoms with Crippen molar-refractivity contribution >= 4 is 17.7 Å². The van der Waals surface area contributed by atoms with Gasteiger partial charge in [-0.2, -0.15) is 11.8 Å². The molecule has 4 N–H and O–H groups in total. The molecule has 6 heteroatoms. The Morgan fingerprint density at radius 2 is 2.33 bits per heavy atom. The van der Waals surface area contributed by atoms with E-state index >= 15 is 0 Å². The summed E-state index contributed by atoms with van der Waals surface area (Å²) in [6, 6.07) is 0. The molecule has 0 radical (unpaired) electrons. The molecule has 3 unspecified atom stereocenters. The summed E-state index contributed by atoms with van der Waals surface area (Å²) in [6.07, 6.45) is 2.73. The normalized spacial score (nSPS) is 29.4. The van der Waals surface area contributed by atoms with Crippen molar-refractivity contribution in [2.24, 2.45) is 5.92 Å². The van der Waals surface area contributed by atoms with Gasteiger partial charge in [0.15, 0.2) is 0 Å². The fourth-order valence-corrected chi connectivity index (χ4v) is 3.68. The van der Waals surface area contributed by atoms with Gasteiger partial charge in [-0.05, 0) is 38.0 Å². The molecule has 18 heavy (non-hydrogen) atoms. The van der Waals surface area contributed by atoms with Crippen LogP contribution in [0.25, 0.3) is 0 Å². The number of aliphatic hydroxyl groups is 2. The first-order valence-electron chi connectivity index (χ1n) is 6.35. The number of carboxylic acids is 1. The van der Waals surface area contributed by atoms with E-state index in [0.29, 0.717) is 12.2 Å². The first-order chi connectivity index (χ1) is 8.56. The number of hydrogen-bond acceptors (Lipinski definition) is 5. The third-order valence-corrected chi connectivity index (χ3v) is 4.92. The van der Waals surface area contributed by atoms with Crippen LogP contribution in [0, 0.1) is 5.92 Å². The number of carbonyl (C=O) groups is 1. The number of rotatable bonds is 8. The second-order valence-electron chi connectivity index (χ2n) is 4.82. The van der Waals surface area contributed by atoms with E-state index in [2.05, 4.69) is 5.32 Å². The number of aliphatic hydroxyl groups excluding tert-OH is 2. The van der Waals surface area contributed by atoms with Crippen LogP contribution >= 0.6 is 11.8 Å². The monoisotopic (exact) mass is 277 g/mol. The Hall–Kier alpha value is -0.300. The van der Waals surface area contributed by atoms with Gasteiger partial charge < -0.3 is 20.6 Å². The Morgan fingerprint density at radius 3 is 2.89 bits per heavy atom. The maximum Gasteiger partial charge on any atom is 0.324 e. The van der Waals surface area contributed by atoms with Gasteiger partial charge in [0.2, 0.25) is 0 Å². The summed E-state index contributed by atoms with van der Waals surface area (Å²) in [5.74, 6) is 0.716. The van der Waals surface area contributed by atoms with Crippen LogP contribution < -0.4 is 5.32 Å². The van der Waals surface area contributed by atoms with Gasteiger partial charge in [-0.3, -0.25) is 4.79 Å². The van der Waals surface area contributed by atoms with Crippen LogP contribution in [0.15, 0.2) is 0 Å². The van der Waals surface area contributed by atoms with Gasteiger partial charge in [-0.15, -0.1) is 0 Å². The van der Waals surface area contributed by atoms with Gasteiger partial charge in [0.1, 0.15) is 5.54 Å². The van der Waals surface area contributed by atoms with E-state index in [1.165, 1.54) is 0 Å². The summed E-state index contributed by atoms with van der Waals surface area (Å²) in [6.45, 7) is -0.216. The zero-order valence-corrected chi connectivity index (χ0v) is 11.6. The molecule has 0 amide bonds. The fourth-order valence-electron chi connectivity index (χ4n) is 2.68. The van der Waals surface area contributed by atoms with E-state index in [1.807, 2.05) is 0 Å². The largest absolute Gasteiger partial charge is 0.480 e. The molecule has 0 aromatic rings. The molecule has 1 aliphatic carbocycles. The predicted molar refractivity (Wildman–Crippen MR) is 71.8 cm³/mol. The van der Waals surface area contributed by atoms with Gasteiger partial charge in [-0.1, -0.05) is 6.42 Å². The minimum absolute atomic E-state index is 0.152. The van der Waals surface area contributed by atoms with Crippen LogP contribution in [-0.2, 0) is 4.79 Å². The number of hydrogen-bond donors (Lipinski definition) is 4. The Balaban J connectivity index is 2.39. The molecule has 0 saturated heterocycles. The molecule has 1 fully saturated rings. The molecule has 3 atom stereocenters. The molecule has 106 valence electrons. The molecule has 1 saturated carbocycles. The van der Waals surface area contributed by atoms with Gasteiger partial charge in [0.05, 0.1) is 12.7 Å². The molecule has 0 heterocycles. The van der Waals surface area contributed by atoms with Crippen molar-refractivity contribution in [3.8, 4) is 0 Å². The maximum absolute atomic E-state index is 11.4. The van der Waals surface area contributed by atoms with E-state index in [4.69, 9.17) is 5.11 Å². The highest BCUT2D eigenvalue weighted by molar-refractivity contribution is 7.99. The summed E-state index contributed by atoms with van der Waals surface area (Å²) in [5, 5.41) is 30.3. The van der Waals surface area contributed by atoms with Crippen molar-refractivity contribution in [1.82, 2.24) is 5.32 Å². The SMILES string of the molecule is CNC1(C(=O)O)CCCC1CCSCC(O)CO. The molecule has 0 spiro atoms. The molecule has 5 nitrogen and oxygen atoms in total. The highest BCUT2D eigenvalue weighted by atomic mass is 32.2. The van der Waals surface area contributed by atoms with Crippen LogP contribution in [0.4, 0.5) is 0 Å². The number of likely N-dealkylation sites (N-methyl/N-ethyl adjacent to an activating group) is 1. The minimum atomic E-state index is -0.768. The van der Waals surface area contributed by atoms with Crippen LogP contribution in [0.1, 0.15) is 25.7 Å². The third kappa shape index (κ3) is 3.60. The van der Waals surface area contributed by atoms with E-state index < -0.39 is 17.6 Å². The summed E-state index contributed by atoms with van der Waals surface area (Å²) in [5.41, 5.74) is -0.768. The lowest BCUT2D eigenvalue weighted by atomic mass is 9.85. The summed E-state index contributed by atoms with van der Waals surface area (Å²) in [4.78, 5) is 11.4. The van der Waals surface area contributed by atoms with E-state index in [9.17, 15) is 15.0 Å². The lowest BCUT2D eigenvalue weighted by molar-refractivity contribution is -0.146. The van der Waals surface area contributed by atoms with Crippen molar-refractivity contribution < 1.29 is 20.1 Å². The first-order valence-corrected chi connectivity index (χ1v) is 7.51. The molecule has 0 aromatic carbocycles. The smallest absolute Gasteiger partial charge is 0.324 e. The molecular weight excluding hydrogens is 254 g/mol. The van der Waals surface area contributed by atoms with Crippen molar-refractivity contribution in [2.75, 3.05) is 25.2 Å². The van der Waals surface area contributed by atoms with Crippen molar-refractivity contribution in [3.63, 3.8) is 0 Å².